The third kappa shape index (κ3) is 3.90. The molecule has 0 spiro atoms. The van der Waals surface area contributed by atoms with Crippen molar-refractivity contribution in [2.75, 3.05) is 12.0 Å². The van der Waals surface area contributed by atoms with E-state index in [1.54, 1.807) is 0 Å². The molecule has 0 aromatic rings. The summed E-state index contributed by atoms with van der Waals surface area (Å²) in [5, 5.41) is 0. The summed E-state index contributed by atoms with van der Waals surface area (Å²) in [5.74, 6) is 3.03. The van der Waals surface area contributed by atoms with Crippen LogP contribution < -0.4 is 5.73 Å². The Morgan fingerprint density at radius 3 is 2.85 bits per heavy atom. The van der Waals surface area contributed by atoms with E-state index in [4.69, 9.17) is 5.73 Å². The predicted octanol–water partition coefficient (Wildman–Crippen LogP) is 2.89. The summed E-state index contributed by atoms with van der Waals surface area (Å²) in [7, 11) is 0. The molecular weight excluding hydrogens is 178 g/mol. The van der Waals surface area contributed by atoms with Crippen LogP contribution in [0.1, 0.15) is 39.0 Å². The summed E-state index contributed by atoms with van der Waals surface area (Å²) < 4.78 is 0. The van der Waals surface area contributed by atoms with Gasteiger partial charge in [0.15, 0.2) is 0 Å². The fourth-order valence-electron chi connectivity index (χ4n) is 2.34. The van der Waals surface area contributed by atoms with Crippen molar-refractivity contribution in [3.05, 3.63) is 0 Å². The number of thioether (sulfide) groups is 1. The van der Waals surface area contributed by atoms with Crippen LogP contribution in [0.25, 0.3) is 0 Å². The SMILES string of the molecule is CSCCCC1CC(C)CCC1N. The van der Waals surface area contributed by atoms with Crippen molar-refractivity contribution in [1.82, 2.24) is 0 Å². The molecule has 1 nitrogen and oxygen atoms in total. The number of nitrogens with two attached hydrogens (primary N) is 1. The Morgan fingerprint density at radius 2 is 2.15 bits per heavy atom. The van der Waals surface area contributed by atoms with Gasteiger partial charge in [0.1, 0.15) is 0 Å². The van der Waals surface area contributed by atoms with Gasteiger partial charge in [-0.15, -0.1) is 0 Å². The molecule has 1 saturated carbocycles. The highest BCUT2D eigenvalue weighted by atomic mass is 32.2. The van der Waals surface area contributed by atoms with Crippen molar-refractivity contribution < 1.29 is 0 Å². The van der Waals surface area contributed by atoms with Gasteiger partial charge in [0.25, 0.3) is 0 Å². The number of rotatable bonds is 4. The van der Waals surface area contributed by atoms with Crippen molar-refractivity contribution in [3.8, 4) is 0 Å². The fourth-order valence-corrected chi connectivity index (χ4v) is 2.80. The van der Waals surface area contributed by atoms with Gasteiger partial charge in [0.2, 0.25) is 0 Å². The zero-order valence-corrected chi connectivity index (χ0v) is 9.78. The van der Waals surface area contributed by atoms with Crippen LogP contribution in [0.3, 0.4) is 0 Å². The van der Waals surface area contributed by atoms with E-state index >= 15 is 0 Å². The van der Waals surface area contributed by atoms with Gasteiger partial charge in [0, 0.05) is 6.04 Å². The van der Waals surface area contributed by atoms with Gasteiger partial charge in [-0.25, -0.2) is 0 Å². The van der Waals surface area contributed by atoms with E-state index in [-0.39, 0.29) is 0 Å². The molecule has 1 aliphatic rings. The molecule has 0 amide bonds. The van der Waals surface area contributed by atoms with E-state index in [2.05, 4.69) is 13.2 Å². The molecule has 1 fully saturated rings. The Labute approximate surface area is 86.8 Å². The molecule has 0 aromatic heterocycles. The Kier molecular flexibility index (Phi) is 5.18. The summed E-state index contributed by atoms with van der Waals surface area (Å²) >= 11 is 1.95. The molecule has 1 aliphatic carbocycles. The highest BCUT2D eigenvalue weighted by molar-refractivity contribution is 7.98. The van der Waals surface area contributed by atoms with Crippen LogP contribution in [0.2, 0.25) is 0 Å². The molecular formula is C11H23NS. The van der Waals surface area contributed by atoms with Crippen molar-refractivity contribution in [2.24, 2.45) is 17.6 Å². The van der Waals surface area contributed by atoms with E-state index in [1.807, 2.05) is 11.8 Å². The molecule has 0 aromatic carbocycles. The third-order valence-electron chi connectivity index (χ3n) is 3.23. The van der Waals surface area contributed by atoms with E-state index in [0.717, 1.165) is 11.8 Å². The van der Waals surface area contributed by atoms with E-state index in [0.29, 0.717) is 6.04 Å². The minimum atomic E-state index is 0.498. The summed E-state index contributed by atoms with van der Waals surface area (Å²) in [6, 6.07) is 0.498. The maximum Gasteiger partial charge on any atom is 0.00673 e. The molecule has 2 heteroatoms. The Hall–Kier alpha value is 0.310. The topological polar surface area (TPSA) is 26.0 Å². The maximum absolute atomic E-state index is 6.12. The van der Waals surface area contributed by atoms with Gasteiger partial charge >= 0.3 is 0 Å². The summed E-state index contributed by atoms with van der Waals surface area (Å²) in [6.07, 6.45) is 8.86. The largest absolute Gasteiger partial charge is 0.327 e. The summed E-state index contributed by atoms with van der Waals surface area (Å²) in [5.41, 5.74) is 6.12. The van der Waals surface area contributed by atoms with Crippen LogP contribution in [-0.4, -0.2) is 18.1 Å². The minimum absolute atomic E-state index is 0.498. The minimum Gasteiger partial charge on any atom is -0.327 e. The van der Waals surface area contributed by atoms with Crippen molar-refractivity contribution >= 4 is 11.8 Å². The summed E-state index contributed by atoms with van der Waals surface area (Å²) in [6.45, 7) is 2.37. The van der Waals surface area contributed by atoms with Gasteiger partial charge in [-0.1, -0.05) is 6.92 Å². The zero-order valence-electron chi connectivity index (χ0n) is 8.96. The molecule has 13 heavy (non-hydrogen) atoms. The second kappa shape index (κ2) is 5.92. The van der Waals surface area contributed by atoms with Crippen LogP contribution in [-0.2, 0) is 0 Å². The van der Waals surface area contributed by atoms with E-state index < -0.39 is 0 Å². The first kappa shape index (κ1) is 11.4. The second-order valence-electron chi connectivity index (χ2n) is 4.48. The van der Waals surface area contributed by atoms with Crippen molar-refractivity contribution in [2.45, 2.75) is 45.1 Å². The zero-order chi connectivity index (χ0) is 9.68. The highest BCUT2D eigenvalue weighted by Gasteiger charge is 2.24. The first-order valence-corrected chi connectivity index (χ1v) is 6.88. The standard InChI is InChI=1S/C11H23NS/c1-9-5-6-11(12)10(8-9)4-3-7-13-2/h9-11H,3-8,12H2,1-2H3. The normalized spacial score (nSPS) is 34.8. The lowest BCUT2D eigenvalue weighted by atomic mass is 9.77. The van der Waals surface area contributed by atoms with Crippen LogP contribution in [0.5, 0.6) is 0 Å². The molecule has 78 valence electrons. The smallest absolute Gasteiger partial charge is 0.00673 e. The molecule has 0 aliphatic heterocycles. The molecule has 0 radical (unpaired) electrons. The third-order valence-corrected chi connectivity index (χ3v) is 3.92. The average molecular weight is 201 g/mol. The molecule has 2 N–H and O–H groups in total. The van der Waals surface area contributed by atoms with Gasteiger partial charge < -0.3 is 5.73 Å². The van der Waals surface area contributed by atoms with Gasteiger partial charge in [0.05, 0.1) is 0 Å². The number of hydrogen-bond acceptors (Lipinski definition) is 2. The maximum atomic E-state index is 6.12. The lowest BCUT2D eigenvalue weighted by Gasteiger charge is -2.32. The average Bonchev–Trinajstić information content (AvgIpc) is 2.11. The Bertz CT molecular complexity index is 138. The van der Waals surface area contributed by atoms with E-state index in [9.17, 15) is 0 Å². The van der Waals surface area contributed by atoms with Gasteiger partial charge in [-0.2, -0.15) is 11.8 Å². The molecule has 3 unspecified atom stereocenters. The van der Waals surface area contributed by atoms with Crippen LogP contribution >= 0.6 is 11.8 Å². The van der Waals surface area contributed by atoms with Gasteiger partial charge in [-0.3, -0.25) is 0 Å². The lowest BCUT2D eigenvalue weighted by Crippen LogP contribution is -2.35. The van der Waals surface area contributed by atoms with Crippen molar-refractivity contribution in [3.63, 3.8) is 0 Å². The molecule has 0 heterocycles. The van der Waals surface area contributed by atoms with Crippen LogP contribution in [0, 0.1) is 11.8 Å². The monoisotopic (exact) mass is 201 g/mol. The van der Waals surface area contributed by atoms with Gasteiger partial charge in [-0.05, 0) is 55.9 Å². The van der Waals surface area contributed by atoms with Crippen LogP contribution in [0.15, 0.2) is 0 Å². The molecule has 0 bridgehead atoms. The lowest BCUT2D eigenvalue weighted by molar-refractivity contribution is 0.233. The Balaban J connectivity index is 2.21. The Morgan fingerprint density at radius 1 is 1.38 bits per heavy atom. The van der Waals surface area contributed by atoms with E-state index in [1.165, 1.54) is 37.9 Å². The summed E-state index contributed by atoms with van der Waals surface area (Å²) in [4.78, 5) is 0. The quantitative estimate of drug-likeness (QED) is 0.708. The molecule has 1 rings (SSSR count). The fraction of sp³-hybridized carbons (Fsp3) is 1.00. The first-order chi connectivity index (χ1) is 6.24. The second-order valence-corrected chi connectivity index (χ2v) is 5.46. The molecule has 3 atom stereocenters. The van der Waals surface area contributed by atoms with Crippen molar-refractivity contribution in [1.29, 1.82) is 0 Å². The number of hydrogen-bond donors (Lipinski definition) is 1. The highest BCUT2D eigenvalue weighted by Crippen LogP contribution is 2.30. The van der Waals surface area contributed by atoms with Crippen LogP contribution in [0.4, 0.5) is 0 Å². The first-order valence-electron chi connectivity index (χ1n) is 5.48. The molecule has 0 saturated heterocycles. The predicted molar refractivity (Wildman–Crippen MR) is 62.1 cm³/mol.